The largest absolute Gasteiger partial charge is 0.342 e. The maximum Gasteiger partial charge on any atom is 0.254 e. The topological polar surface area (TPSA) is 56.8 Å². The molecule has 0 aromatic carbocycles. The van der Waals surface area contributed by atoms with E-state index in [0.29, 0.717) is 31.7 Å². The van der Waals surface area contributed by atoms with Gasteiger partial charge in [-0.05, 0) is 32.4 Å². The van der Waals surface area contributed by atoms with Gasteiger partial charge in [-0.25, -0.2) is 4.98 Å². The second kappa shape index (κ2) is 9.36. The van der Waals surface area contributed by atoms with E-state index in [1.807, 2.05) is 18.7 Å². The van der Waals surface area contributed by atoms with Gasteiger partial charge >= 0.3 is 0 Å². The van der Waals surface area contributed by atoms with Crippen LogP contribution in [-0.4, -0.2) is 77.3 Å². The fourth-order valence-corrected chi connectivity index (χ4v) is 3.43. The molecule has 0 bridgehead atoms. The van der Waals surface area contributed by atoms with Gasteiger partial charge in [-0.3, -0.25) is 14.5 Å². The second-order valence-corrected chi connectivity index (χ2v) is 6.76. The van der Waals surface area contributed by atoms with Crippen LogP contribution >= 0.6 is 23.2 Å². The molecule has 2 amide bonds. The Bertz CT molecular complexity index is 602. The van der Waals surface area contributed by atoms with Crippen LogP contribution in [0.3, 0.4) is 0 Å². The molecule has 0 N–H and O–H groups in total. The minimum atomic E-state index is -0.108. The van der Waals surface area contributed by atoms with Gasteiger partial charge in [0.1, 0.15) is 10.3 Å². The smallest absolute Gasteiger partial charge is 0.254 e. The van der Waals surface area contributed by atoms with Crippen molar-refractivity contribution in [2.45, 2.75) is 20.3 Å². The zero-order chi connectivity index (χ0) is 18.4. The summed E-state index contributed by atoms with van der Waals surface area (Å²) in [5, 5.41) is 0.411. The first kappa shape index (κ1) is 19.9. The molecule has 2 heterocycles. The molecule has 138 valence electrons. The summed E-state index contributed by atoms with van der Waals surface area (Å²) in [4.78, 5) is 34.5. The molecule has 0 radical (unpaired) electrons. The van der Waals surface area contributed by atoms with Crippen molar-refractivity contribution < 1.29 is 9.59 Å². The Balaban J connectivity index is 1.96. The molecule has 0 aliphatic carbocycles. The molecule has 25 heavy (non-hydrogen) atoms. The van der Waals surface area contributed by atoms with E-state index < -0.39 is 0 Å². The monoisotopic (exact) mass is 386 g/mol. The fraction of sp³-hybridized carbons (Fsp3) is 0.588. The molecule has 0 atom stereocenters. The zero-order valence-electron chi connectivity index (χ0n) is 14.7. The average molecular weight is 387 g/mol. The number of carbonyl (C=O) groups is 2. The number of hydrogen-bond donors (Lipinski definition) is 0. The lowest BCUT2D eigenvalue weighted by Crippen LogP contribution is -2.42. The van der Waals surface area contributed by atoms with Gasteiger partial charge in [0.05, 0.1) is 6.54 Å². The van der Waals surface area contributed by atoms with Crippen LogP contribution in [0.1, 0.15) is 30.6 Å². The predicted molar refractivity (Wildman–Crippen MR) is 99.1 cm³/mol. The number of carbonyl (C=O) groups excluding carboxylic acids is 2. The summed E-state index contributed by atoms with van der Waals surface area (Å²) in [6, 6.07) is 3.06. The van der Waals surface area contributed by atoms with Gasteiger partial charge in [0.15, 0.2) is 0 Å². The molecular weight excluding hydrogens is 363 g/mol. The van der Waals surface area contributed by atoms with Crippen molar-refractivity contribution in [1.29, 1.82) is 0 Å². The lowest BCUT2D eigenvalue weighted by molar-refractivity contribution is -0.132. The summed E-state index contributed by atoms with van der Waals surface area (Å²) < 4.78 is 0. The minimum Gasteiger partial charge on any atom is -0.342 e. The standard InChI is InChI=1S/C17H24Cl2N4O2/c1-3-22(4-2)16(24)12-21-6-5-7-23(9-8-21)17(25)13-10-14(18)20-15(19)11-13/h10-11H,3-9,12H2,1-2H3. The Kier molecular flexibility index (Phi) is 7.47. The van der Waals surface area contributed by atoms with Crippen LogP contribution in [0.25, 0.3) is 0 Å². The van der Waals surface area contributed by atoms with Crippen LogP contribution in [-0.2, 0) is 4.79 Å². The molecule has 0 saturated carbocycles. The number of halogens is 2. The highest BCUT2D eigenvalue weighted by Gasteiger charge is 2.23. The van der Waals surface area contributed by atoms with E-state index in [2.05, 4.69) is 9.88 Å². The Hall–Kier alpha value is -1.37. The Morgan fingerprint density at radius 1 is 1.08 bits per heavy atom. The molecule has 1 fully saturated rings. The van der Waals surface area contributed by atoms with Crippen LogP contribution in [0.15, 0.2) is 12.1 Å². The summed E-state index contributed by atoms with van der Waals surface area (Å²) in [5.41, 5.74) is 0.442. The summed E-state index contributed by atoms with van der Waals surface area (Å²) in [6.07, 6.45) is 0.823. The van der Waals surface area contributed by atoms with Gasteiger partial charge in [-0.15, -0.1) is 0 Å². The van der Waals surface area contributed by atoms with Gasteiger partial charge in [0, 0.05) is 44.8 Å². The number of rotatable bonds is 5. The normalized spacial score (nSPS) is 15.8. The van der Waals surface area contributed by atoms with Crippen molar-refractivity contribution in [1.82, 2.24) is 19.7 Å². The van der Waals surface area contributed by atoms with Gasteiger partial charge in [0.25, 0.3) is 5.91 Å². The van der Waals surface area contributed by atoms with Crippen molar-refractivity contribution in [3.63, 3.8) is 0 Å². The van der Waals surface area contributed by atoms with Crippen LogP contribution in [0.5, 0.6) is 0 Å². The number of aromatic nitrogens is 1. The Labute approximate surface area is 158 Å². The van der Waals surface area contributed by atoms with Gasteiger partial charge in [0.2, 0.25) is 5.91 Å². The Morgan fingerprint density at radius 2 is 1.72 bits per heavy atom. The lowest BCUT2D eigenvalue weighted by atomic mass is 10.2. The highest BCUT2D eigenvalue weighted by atomic mass is 35.5. The van der Waals surface area contributed by atoms with Gasteiger partial charge in [-0.1, -0.05) is 23.2 Å². The van der Waals surface area contributed by atoms with Crippen LogP contribution in [0, 0.1) is 0 Å². The van der Waals surface area contributed by atoms with E-state index in [-0.39, 0.29) is 22.1 Å². The Morgan fingerprint density at radius 3 is 2.32 bits per heavy atom. The molecule has 1 saturated heterocycles. The van der Waals surface area contributed by atoms with Crippen molar-refractivity contribution >= 4 is 35.0 Å². The molecule has 1 aliphatic heterocycles. The average Bonchev–Trinajstić information content (AvgIpc) is 2.80. The van der Waals surface area contributed by atoms with E-state index in [0.717, 1.165) is 26.1 Å². The van der Waals surface area contributed by atoms with Crippen LogP contribution in [0.2, 0.25) is 10.3 Å². The quantitative estimate of drug-likeness (QED) is 0.729. The van der Waals surface area contributed by atoms with Crippen molar-refractivity contribution in [3.8, 4) is 0 Å². The molecule has 1 aromatic heterocycles. The fourth-order valence-electron chi connectivity index (χ4n) is 2.97. The van der Waals surface area contributed by atoms with Crippen LogP contribution in [0.4, 0.5) is 0 Å². The minimum absolute atomic E-state index is 0.108. The van der Waals surface area contributed by atoms with Crippen molar-refractivity contribution in [2.24, 2.45) is 0 Å². The molecule has 0 spiro atoms. The predicted octanol–water partition coefficient (Wildman–Crippen LogP) is 2.40. The summed E-state index contributed by atoms with van der Waals surface area (Å²) in [6.45, 7) is 8.49. The van der Waals surface area contributed by atoms with E-state index in [1.165, 1.54) is 12.1 Å². The van der Waals surface area contributed by atoms with Gasteiger partial charge < -0.3 is 9.80 Å². The number of nitrogens with zero attached hydrogens (tertiary/aromatic N) is 4. The van der Waals surface area contributed by atoms with E-state index in [4.69, 9.17) is 23.2 Å². The molecule has 8 heteroatoms. The van der Waals surface area contributed by atoms with Crippen LogP contribution < -0.4 is 0 Å². The van der Waals surface area contributed by atoms with E-state index in [9.17, 15) is 9.59 Å². The first-order chi connectivity index (χ1) is 11.9. The number of likely N-dealkylation sites (N-methyl/N-ethyl adjacent to an activating group) is 1. The molecule has 1 aliphatic rings. The zero-order valence-corrected chi connectivity index (χ0v) is 16.2. The summed E-state index contributed by atoms with van der Waals surface area (Å²) >= 11 is 11.8. The summed E-state index contributed by atoms with van der Waals surface area (Å²) in [5.74, 6) is 0.0283. The molecule has 1 aromatic rings. The maximum absolute atomic E-state index is 12.7. The first-order valence-electron chi connectivity index (χ1n) is 8.57. The number of hydrogen-bond acceptors (Lipinski definition) is 4. The lowest BCUT2D eigenvalue weighted by Gasteiger charge is -2.25. The summed E-state index contributed by atoms with van der Waals surface area (Å²) in [7, 11) is 0. The van der Waals surface area contributed by atoms with Gasteiger partial charge in [-0.2, -0.15) is 0 Å². The molecule has 0 unspecified atom stereocenters. The van der Waals surface area contributed by atoms with E-state index >= 15 is 0 Å². The highest BCUT2D eigenvalue weighted by molar-refractivity contribution is 6.33. The number of amides is 2. The first-order valence-corrected chi connectivity index (χ1v) is 9.32. The molecular formula is C17H24Cl2N4O2. The second-order valence-electron chi connectivity index (χ2n) is 5.99. The van der Waals surface area contributed by atoms with Crippen molar-refractivity contribution in [2.75, 3.05) is 45.8 Å². The molecule has 6 nitrogen and oxygen atoms in total. The molecule has 2 rings (SSSR count). The SMILES string of the molecule is CCN(CC)C(=O)CN1CCCN(C(=O)c2cc(Cl)nc(Cl)c2)CC1. The highest BCUT2D eigenvalue weighted by Crippen LogP contribution is 2.17. The van der Waals surface area contributed by atoms with Crippen molar-refractivity contribution in [3.05, 3.63) is 28.0 Å². The maximum atomic E-state index is 12.7. The van der Waals surface area contributed by atoms with E-state index in [1.54, 1.807) is 4.90 Å². The third kappa shape index (κ3) is 5.56. The number of pyridine rings is 1. The third-order valence-electron chi connectivity index (χ3n) is 4.36. The third-order valence-corrected chi connectivity index (χ3v) is 4.75.